The van der Waals surface area contributed by atoms with Gasteiger partial charge in [0, 0.05) is 21.3 Å². The van der Waals surface area contributed by atoms with E-state index in [1.165, 1.54) is 6.07 Å². The number of nitrogens with one attached hydrogen (secondary N) is 2. The Balaban J connectivity index is 1.42. The van der Waals surface area contributed by atoms with Crippen LogP contribution in [0.1, 0.15) is 6.92 Å². The summed E-state index contributed by atoms with van der Waals surface area (Å²) in [6.45, 7) is 1.58. The molecule has 1 heterocycles. The Hall–Kier alpha value is -2.55. The van der Waals surface area contributed by atoms with Gasteiger partial charge in [-0.05, 0) is 67.7 Å². The molecule has 1 unspecified atom stereocenters. The number of hydrogen-bond donors (Lipinski definition) is 2. The number of carbonyl (C=O) groups is 1. The molecule has 0 spiro atoms. The van der Waals surface area contributed by atoms with Crippen LogP contribution in [0.4, 0.5) is 5.69 Å². The van der Waals surface area contributed by atoms with Gasteiger partial charge in [-0.3, -0.25) is 10.1 Å². The summed E-state index contributed by atoms with van der Waals surface area (Å²) in [4.78, 5) is 16.9. The Morgan fingerprint density at radius 1 is 1.03 bits per heavy atom. The van der Waals surface area contributed by atoms with E-state index in [4.69, 9.17) is 67.8 Å². The first-order valence-electron chi connectivity index (χ1n) is 9.79. The van der Waals surface area contributed by atoms with Gasteiger partial charge in [-0.1, -0.05) is 52.5 Å². The first kappa shape index (κ1) is 24.6. The monoisotopic (exact) mass is 553 g/mol. The molecule has 1 amide bonds. The number of carbonyl (C=O) groups excluding carboxylic acids is 1. The molecule has 2 N–H and O–H groups in total. The largest absolute Gasteiger partial charge is 0.479 e. The van der Waals surface area contributed by atoms with Gasteiger partial charge in [0.25, 0.3) is 5.91 Å². The highest BCUT2D eigenvalue weighted by Gasteiger charge is 2.18. The highest BCUT2D eigenvalue weighted by Crippen LogP contribution is 2.32. The maximum absolute atomic E-state index is 12.5. The van der Waals surface area contributed by atoms with Gasteiger partial charge in [0.05, 0.1) is 10.0 Å². The molecule has 4 rings (SSSR count). The van der Waals surface area contributed by atoms with E-state index in [-0.39, 0.29) is 5.11 Å². The fourth-order valence-corrected chi connectivity index (χ4v) is 4.20. The normalized spacial score (nSPS) is 11.8. The SMILES string of the molecule is CC(Oc1ccc(Cl)cc1Cl)C(=O)NC(=S)Nc1cccc(-c2nc3cc(Cl)cc(Cl)c3o2)c1. The van der Waals surface area contributed by atoms with E-state index in [2.05, 4.69) is 15.6 Å². The van der Waals surface area contributed by atoms with Crippen LogP contribution in [-0.2, 0) is 4.79 Å². The van der Waals surface area contributed by atoms with Gasteiger partial charge in [-0.25, -0.2) is 4.98 Å². The van der Waals surface area contributed by atoms with Gasteiger partial charge in [-0.2, -0.15) is 0 Å². The molecule has 0 bridgehead atoms. The fourth-order valence-electron chi connectivity index (χ4n) is 3.00. The number of rotatable bonds is 5. The van der Waals surface area contributed by atoms with Gasteiger partial charge >= 0.3 is 0 Å². The maximum atomic E-state index is 12.5. The molecule has 0 radical (unpaired) electrons. The number of hydrogen-bond acceptors (Lipinski definition) is 5. The Morgan fingerprint density at radius 2 is 1.79 bits per heavy atom. The van der Waals surface area contributed by atoms with E-state index in [9.17, 15) is 4.79 Å². The lowest BCUT2D eigenvalue weighted by Gasteiger charge is -2.16. The van der Waals surface area contributed by atoms with Gasteiger partial charge in [0.1, 0.15) is 11.3 Å². The van der Waals surface area contributed by atoms with Crippen molar-refractivity contribution in [1.29, 1.82) is 0 Å². The lowest BCUT2D eigenvalue weighted by molar-refractivity contribution is -0.125. The molecular weight excluding hydrogens is 540 g/mol. The molecule has 11 heteroatoms. The summed E-state index contributed by atoms with van der Waals surface area (Å²) in [6, 6.07) is 15.2. The Kier molecular flexibility index (Phi) is 7.50. The Labute approximate surface area is 220 Å². The van der Waals surface area contributed by atoms with Crippen LogP contribution in [0.25, 0.3) is 22.6 Å². The Bertz CT molecular complexity index is 1410. The third kappa shape index (κ3) is 5.74. The van der Waals surface area contributed by atoms with Gasteiger partial charge in [0.15, 0.2) is 16.8 Å². The standard InChI is InChI=1S/C23H15Cl4N3O3S/c1-11(32-19-6-5-13(24)8-16(19)26)21(31)30-23(34)28-15-4-2-3-12(7-15)22-29-18-10-14(25)9-17(27)20(18)33-22/h2-11H,1H3,(H2,28,30,31,34). The molecule has 34 heavy (non-hydrogen) atoms. The first-order chi connectivity index (χ1) is 16.2. The lowest BCUT2D eigenvalue weighted by atomic mass is 10.2. The first-order valence-corrected chi connectivity index (χ1v) is 11.7. The predicted molar refractivity (Wildman–Crippen MR) is 140 cm³/mol. The minimum Gasteiger partial charge on any atom is -0.479 e. The number of amides is 1. The summed E-state index contributed by atoms with van der Waals surface area (Å²) in [7, 11) is 0. The van der Waals surface area contributed by atoms with E-state index in [1.54, 1.807) is 49.4 Å². The van der Waals surface area contributed by atoms with Crippen LogP contribution in [0.15, 0.2) is 59.0 Å². The quantitative estimate of drug-likeness (QED) is 0.250. The number of ether oxygens (including phenoxy) is 1. The van der Waals surface area contributed by atoms with E-state index in [0.717, 1.165) is 0 Å². The van der Waals surface area contributed by atoms with Crippen molar-refractivity contribution in [2.24, 2.45) is 0 Å². The average molecular weight is 555 g/mol. The average Bonchev–Trinajstić information content (AvgIpc) is 3.20. The van der Waals surface area contributed by atoms with Crippen molar-refractivity contribution in [3.8, 4) is 17.2 Å². The third-order valence-corrected chi connectivity index (χ3v) is 5.81. The van der Waals surface area contributed by atoms with E-state index >= 15 is 0 Å². The van der Waals surface area contributed by atoms with E-state index in [0.29, 0.717) is 54.1 Å². The minimum atomic E-state index is -0.860. The van der Waals surface area contributed by atoms with Crippen LogP contribution in [-0.4, -0.2) is 22.1 Å². The van der Waals surface area contributed by atoms with Crippen LogP contribution in [0.3, 0.4) is 0 Å². The summed E-state index contributed by atoms with van der Waals surface area (Å²) in [6.07, 6.45) is -0.860. The lowest BCUT2D eigenvalue weighted by Crippen LogP contribution is -2.42. The number of halogens is 4. The van der Waals surface area contributed by atoms with Crippen molar-refractivity contribution in [1.82, 2.24) is 10.3 Å². The van der Waals surface area contributed by atoms with Gasteiger partial charge < -0.3 is 14.5 Å². The zero-order valence-electron chi connectivity index (χ0n) is 17.4. The maximum Gasteiger partial charge on any atom is 0.266 e. The molecule has 6 nitrogen and oxygen atoms in total. The van der Waals surface area contributed by atoms with E-state index < -0.39 is 12.0 Å². The number of fused-ring (bicyclic) bond motifs is 1. The molecule has 3 aromatic carbocycles. The molecule has 1 aromatic heterocycles. The van der Waals surface area contributed by atoms with Crippen molar-refractivity contribution in [3.05, 3.63) is 74.7 Å². The second-order valence-electron chi connectivity index (χ2n) is 7.11. The molecule has 4 aromatic rings. The molecule has 1 atom stereocenters. The van der Waals surface area contributed by atoms with Crippen LogP contribution < -0.4 is 15.4 Å². The highest BCUT2D eigenvalue weighted by molar-refractivity contribution is 7.80. The number of anilines is 1. The van der Waals surface area contributed by atoms with Gasteiger partial charge in [-0.15, -0.1) is 0 Å². The predicted octanol–water partition coefficient (Wildman–Crippen LogP) is 7.39. The summed E-state index contributed by atoms with van der Waals surface area (Å²) < 4.78 is 11.4. The smallest absolute Gasteiger partial charge is 0.266 e. The second-order valence-corrected chi connectivity index (χ2v) is 9.21. The molecule has 0 saturated heterocycles. The molecule has 0 fully saturated rings. The number of aromatic nitrogens is 1. The third-order valence-electron chi connectivity index (χ3n) is 4.58. The molecule has 0 aliphatic carbocycles. The van der Waals surface area contributed by atoms with Crippen LogP contribution in [0.5, 0.6) is 5.75 Å². The number of thiocarbonyl (C=S) groups is 1. The van der Waals surface area contributed by atoms with Crippen LogP contribution in [0, 0.1) is 0 Å². The highest BCUT2D eigenvalue weighted by atomic mass is 35.5. The molecule has 0 aliphatic rings. The molecule has 174 valence electrons. The number of oxazole rings is 1. The van der Waals surface area contributed by atoms with Crippen molar-refractivity contribution in [2.45, 2.75) is 13.0 Å². The van der Waals surface area contributed by atoms with Crippen molar-refractivity contribution >= 4 is 86.4 Å². The van der Waals surface area contributed by atoms with Crippen LogP contribution >= 0.6 is 58.6 Å². The van der Waals surface area contributed by atoms with Gasteiger partial charge in [0.2, 0.25) is 5.89 Å². The topological polar surface area (TPSA) is 76.4 Å². The second kappa shape index (κ2) is 10.4. The van der Waals surface area contributed by atoms with E-state index in [1.807, 2.05) is 6.07 Å². The van der Waals surface area contributed by atoms with Crippen molar-refractivity contribution in [2.75, 3.05) is 5.32 Å². The summed E-state index contributed by atoms with van der Waals surface area (Å²) in [5.41, 5.74) is 2.28. The van der Waals surface area contributed by atoms with Crippen molar-refractivity contribution < 1.29 is 13.9 Å². The summed E-state index contributed by atoms with van der Waals surface area (Å²) in [5, 5.41) is 7.24. The zero-order valence-corrected chi connectivity index (χ0v) is 21.2. The molecule has 0 saturated carbocycles. The summed E-state index contributed by atoms with van der Waals surface area (Å²) >= 11 is 29.5. The zero-order chi connectivity index (χ0) is 24.4. The van der Waals surface area contributed by atoms with Crippen LogP contribution in [0.2, 0.25) is 20.1 Å². The number of nitrogens with zero attached hydrogens (tertiary/aromatic N) is 1. The minimum absolute atomic E-state index is 0.0900. The fraction of sp³-hybridized carbons (Fsp3) is 0.0870. The molecular formula is C23H15Cl4N3O3S. The Morgan fingerprint density at radius 3 is 2.56 bits per heavy atom. The molecule has 0 aliphatic heterocycles. The summed E-state index contributed by atoms with van der Waals surface area (Å²) in [5.74, 6) is 0.241. The van der Waals surface area contributed by atoms with Crippen molar-refractivity contribution in [3.63, 3.8) is 0 Å². The number of benzene rings is 3.